The summed E-state index contributed by atoms with van der Waals surface area (Å²) < 4.78 is 73.0. The Labute approximate surface area is 144 Å². The second kappa shape index (κ2) is 9.39. The monoisotopic (exact) mass is 399 g/mol. The number of nitrogens with zero attached hydrogens (tertiary/aromatic N) is 1. The molecule has 25 heavy (non-hydrogen) atoms. The molecule has 0 radical (unpaired) electrons. The highest BCUT2D eigenvalue weighted by Crippen LogP contribution is 2.15. The van der Waals surface area contributed by atoms with Gasteiger partial charge in [-0.1, -0.05) is 3.89 Å². The molecule has 140 valence electrons. The molecule has 0 atom stereocenters. The fourth-order valence-electron chi connectivity index (χ4n) is 2.10. The quantitative estimate of drug-likeness (QED) is 0.717. The highest BCUT2D eigenvalue weighted by atomic mass is 32.3. The van der Waals surface area contributed by atoms with Gasteiger partial charge in [0.15, 0.2) is 0 Å². The molecule has 0 spiro atoms. The van der Waals surface area contributed by atoms with Crippen molar-refractivity contribution in [2.45, 2.75) is 18.9 Å². The number of hydrogen-bond donors (Lipinski definition) is 2. The largest absolute Gasteiger partial charge is 0.425 e. The minimum atomic E-state index is -4.66. The van der Waals surface area contributed by atoms with Crippen molar-refractivity contribution in [2.24, 2.45) is 0 Å². The van der Waals surface area contributed by atoms with Gasteiger partial charge in [-0.3, -0.25) is 0 Å². The van der Waals surface area contributed by atoms with Crippen LogP contribution in [-0.2, 0) is 21.0 Å². The summed E-state index contributed by atoms with van der Waals surface area (Å²) >= 11 is 0. The van der Waals surface area contributed by atoms with Gasteiger partial charge in [0, 0.05) is 24.8 Å². The van der Waals surface area contributed by atoms with Crippen molar-refractivity contribution in [3.05, 3.63) is 30.1 Å². The Balaban J connectivity index is 0.000000705. The van der Waals surface area contributed by atoms with Crippen molar-refractivity contribution >= 4 is 32.7 Å². The van der Waals surface area contributed by atoms with E-state index in [0.29, 0.717) is 18.5 Å². The van der Waals surface area contributed by atoms with E-state index in [4.69, 9.17) is 12.6 Å². The summed E-state index contributed by atoms with van der Waals surface area (Å²) in [4.78, 5) is 11.7. The molecule has 0 unspecified atom stereocenters. The highest BCUT2D eigenvalue weighted by Gasteiger charge is 2.28. The Morgan fingerprint density at radius 2 is 1.60 bits per heavy atom. The van der Waals surface area contributed by atoms with E-state index in [9.17, 15) is 21.5 Å². The molecule has 0 aliphatic carbocycles. The summed E-state index contributed by atoms with van der Waals surface area (Å²) in [6.45, 7) is 0.0562. The molecule has 1 aromatic rings. The second-order valence-corrected chi connectivity index (χ2v) is 6.67. The predicted octanol–water partition coefficient (Wildman–Crippen LogP) is 0.622. The third kappa shape index (κ3) is 8.51. The summed E-state index contributed by atoms with van der Waals surface area (Å²) in [5, 5.41) is 5.20. The number of urea groups is 1. The van der Waals surface area contributed by atoms with Crippen LogP contribution in [0.2, 0.25) is 0 Å². The van der Waals surface area contributed by atoms with Crippen LogP contribution in [0.3, 0.4) is 0 Å². The molecule has 13 heteroatoms. The van der Waals surface area contributed by atoms with E-state index in [-0.39, 0.29) is 19.1 Å². The number of piperidine rings is 1. The number of anilines is 1. The lowest BCUT2D eigenvalue weighted by molar-refractivity contribution is 0.237. The molecule has 2 amide bonds. The minimum absolute atomic E-state index is 0.0281. The number of amides is 2. The van der Waals surface area contributed by atoms with Gasteiger partial charge in [-0.05, 0) is 37.1 Å². The van der Waals surface area contributed by atoms with E-state index in [0.717, 1.165) is 4.31 Å². The zero-order chi connectivity index (χ0) is 19.0. The van der Waals surface area contributed by atoms with E-state index >= 15 is 0 Å². The molecule has 2 N–H and O–H groups in total. The average molecular weight is 399 g/mol. The molecule has 1 heterocycles. The fraction of sp³-hybridized carbons (Fsp3) is 0.417. The molecule has 0 saturated carbocycles. The first-order chi connectivity index (χ1) is 11.6. The summed E-state index contributed by atoms with van der Waals surface area (Å²) in [6.07, 6.45) is 0.667. The fourth-order valence-corrected chi connectivity index (χ4v) is 2.75. The van der Waals surface area contributed by atoms with Gasteiger partial charge in [-0.2, -0.15) is 12.7 Å². The van der Waals surface area contributed by atoms with Crippen LogP contribution < -0.4 is 10.6 Å². The molecule has 9 nitrogen and oxygen atoms in total. The van der Waals surface area contributed by atoms with Gasteiger partial charge in [0.05, 0.1) is 0 Å². The van der Waals surface area contributed by atoms with Crippen LogP contribution in [0.15, 0.2) is 24.3 Å². The minimum Gasteiger partial charge on any atom is -0.335 e. The SMILES string of the molecule is O=C(Nc1ccc(F)cc1)NC1CCN(S(=O)(=O)F)CC1.O=S(=O)=O. The Morgan fingerprint density at radius 1 is 1.12 bits per heavy atom. The standard InChI is InChI=1S/C12H15F2N3O3S.O3S/c13-9-1-3-10(4-2-9)15-12(18)16-11-5-7-17(8-6-11)21(14,19)20;1-4(2)3/h1-4,11H,5-8H2,(H2,15,16,18);. The summed E-state index contributed by atoms with van der Waals surface area (Å²) in [6, 6.07) is 4.59. The van der Waals surface area contributed by atoms with E-state index < -0.39 is 32.9 Å². The first kappa shape index (κ1) is 20.9. The number of hydrogen-bond acceptors (Lipinski definition) is 6. The topological polar surface area (TPSA) is 130 Å². The molecule has 1 aliphatic heterocycles. The number of carbonyl (C=O) groups excluding carboxylic acids is 1. The lowest BCUT2D eigenvalue weighted by Crippen LogP contribution is -2.46. The van der Waals surface area contributed by atoms with E-state index in [1.165, 1.54) is 24.3 Å². The van der Waals surface area contributed by atoms with Gasteiger partial charge in [0.2, 0.25) is 0 Å². The molecule has 1 saturated heterocycles. The maximum absolute atomic E-state index is 12.8. The first-order valence-electron chi connectivity index (χ1n) is 6.87. The van der Waals surface area contributed by atoms with E-state index in [1.807, 2.05) is 0 Å². The van der Waals surface area contributed by atoms with Crippen LogP contribution in [0.4, 0.5) is 18.8 Å². The first-order valence-corrected chi connectivity index (χ1v) is 9.21. The lowest BCUT2D eigenvalue weighted by Gasteiger charge is -2.29. The van der Waals surface area contributed by atoms with Gasteiger partial charge in [0.25, 0.3) is 0 Å². The van der Waals surface area contributed by atoms with Gasteiger partial charge < -0.3 is 10.6 Å². The zero-order valence-corrected chi connectivity index (χ0v) is 14.3. The molecule has 1 aromatic carbocycles. The predicted molar refractivity (Wildman–Crippen MR) is 82.9 cm³/mol. The van der Waals surface area contributed by atoms with Crippen LogP contribution >= 0.6 is 0 Å². The normalized spacial score (nSPS) is 15.6. The Hall–Kier alpha value is -2.12. The average Bonchev–Trinajstić information content (AvgIpc) is 2.48. The molecule has 2 rings (SSSR count). The van der Waals surface area contributed by atoms with Crippen LogP contribution in [0.5, 0.6) is 0 Å². The summed E-state index contributed by atoms with van der Waals surface area (Å²) in [5.41, 5.74) is 0.442. The van der Waals surface area contributed by atoms with Gasteiger partial charge >= 0.3 is 27.0 Å². The van der Waals surface area contributed by atoms with Crippen LogP contribution in [0, 0.1) is 5.82 Å². The maximum Gasteiger partial charge on any atom is 0.425 e. The van der Waals surface area contributed by atoms with Crippen LogP contribution in [-0.4, -0.2) is 50.5 Å². The van der Waals surface area contributed by atoms with Crippen LogP contribution in [0.25, 0.3) is 0 Å². The smallest absolute Gasteiger partial charge is 0.335 e. The molecular formula is C12H15F2N3O6S2. The van der Waals surface area contributed by atoms with Crippen molar-refractivity contribution in [1.82, 2.24) is 9.62 Å². The Bertz CT molecular complexity index is 784. The number of nitrogens with one attached hydrogen (secondary N) is 2. The molecular weight excluding hydrogens is 384 g/mol. The van der Waals surface area contributed by atoms with E-state index in [2.05, 4.69) is 10.6 Å². The lowest BCUT2D eigenvalue weighted by atomic mass is 10.1. The molecule has 0 bridgehead atoms. The van der Waals surface area contributed by atoms with Gasteiger partial charge in [0.1, 0.15) is 5.82 Å². The zero-order valence-electron chi connectivity index (χ0n) is 12.7. The van der Waals surface area contributed by atoms with Crippen molar-refractivity contribution in [1.29, 1.82) is 0 Å². The maximum atomic E-state index is 12.8. The number of halogens is 2. The van der Waals surface area contributed by atoms with Crippen molar-refractivity contribution < 1.29 is 34.1 Å². The highest BCUT2D eigenvalue weighted by molar-refractivity contribution is 7.83. The number of rotatable bonds is 3. The van der Waals surface area contributed by atoms with Crippen molar-refractivity contribution in [3.63, 3.8) is 0 Å². The van der Waals surface area contributed by atoms with E-state index in [1.54, 1.807) is 0 Å². The third-order valence-corrected chi connectivity index (χ3v) is 4.18. The summed E-state index contributed by atoms with van der Waals surface area (Å²) in [7, 11) is -7.77. The Morgan fingerprint density at radius 3 is 2.04 bits per heavy atom. The van der Waals surface area contributed by atoms with Crippen molar-refractivity contribution in [2.75, 3.05) is 18.4 Å². The molecule has 1 aliphatic rings. The second-order valence-electron chi connectivity index (χ2n) is 4.92. The summed E-state index contributed by atoms with van der Waals surface area (Å²) in [5.74, 6) is -0.402. The van der Waals surface area contributed by atoms with Gasteiger partial charge in [-0.25, -0.2) is 9.18 Å². The van der Waals surface area contributed by atoms with Crippen LogP contribution in [0.1, 0.15) is 12.8 Å². The molecule has 1 fully saturated rings. The van der Waals surface area contributed by atoms with Crippen molar-refractivity contribution in [3.8, 4) is 0 Å². The number of benzene rings is 1. The number of carbonyl (C=O) groups is 1. The van der Waals surface area contributed by atoms with Gasteiger partial charge in [-0.15, -0.1) is 12.6 Å². The molecule has 0 aromatic heterocycles. The third-order valence-electron chi connectivity index (χ3n) is 3.20. The Kier molecular flexibility index (Phi) is 7.86.